The van der Waals surface area contributed by atoms with Crippen molar-refractivity contribution in [2.75, 3.05) is 13.2 Å². The van der Waals surface area contributed by atoms with Gasteiger partial charge in [0.05, 0.1) is 19.5 Å². The van der Waals surface area contributed by atoms with E-state index in [9.17, 15) is 15.3 Å². The first-order chi connectivity index (χ1) is 12.7. The molecule has 4 atom stereocenters. The van der Waals surface area contributed by atoms with Gasteiger partial charge in [0.1, 0.15) is 24.4 Å². The summed E-state index contributed by atoms with van der Waals surface area (Å²) >= 11 is 0. The molecule has 1 aliphatic heterocycles. The van der Waals surface area contributed by atoms with E-state index in [1.807, 2.05) is 6.08 Å². The molecule has 1 heterocycles. The van der Waals surface area contributed by atoms with Crippen LogP contribution in [-0.2, 0) is 9.47 Å². The quantitative estimate of drug-likeness (QED) is 0.284. The second kappa shape index (κ2) is 15.4. The molecule has 3 N–H and O–H groups in total. The zero-order valence-electron chi connectivity index (χ0n) is 16.5. The fourth-order valence-electron chi connectivity index (χ4n) is 3.33. The van der Waals surface area contributed by atoms with Gasteiger partial charge in [-0.05, 0) is 18.9 Å². The summed E-state index contributed by atoms with van der Waals surface area (Å²) in [6, 6.07) is 0. The van der Waals surface area contributed by atoms with Crippen molar-refractivity contribution in [2.45, 2.75) is 108 Å². The van der Waals surface area contributed by atoms with Crippen LogP contribution in [0.25, 0.3) is 0 Å². The number of rotatable bonds is 16. The van der Waals surface area contributed by atoms with Gasteiger partial charge in [-0.25, -0.2) is 0 Å². The molecule has 26 heavy (non-hydrogen) atoms. The Morgan fingerprint density at radius 3 is 2.04 bits per heavy atom. The SMILES string of the molecule is CCCCCCCCCCCCC/C=C/O[C@@H](CO)[C@@H]1OC[C@@H](O)[C@@H]1O. The van der Waals surface area contributed by atoms with Gasteiger partial charge in [-0.15, -0.1) is 0 Å². The highest BCUT2D eigenvalue weighted by molar-refractivity contribution is 4.90. The molecule has 1 fully saturated rings. The fraction of sp³-hybridized carbons (Fsp3) is 0.905. The van der Waals surface area contributed by atoms with E-state index in [2.05, 4.69) is 6.92 Å². The first kappa shape index (κ1) is 23.4. The molecule has 0 saturated carbocycles. The van der Waals surface area contributed by atoms with Crippen molar-refractivity contribution in [3.8, 4) is 0 Å². The average Bonchev–Trinajstić information content (AvgIpc) is 2.98. The molecule has 0 radical (unpaired) electrons. The van der Waals surface area contributed by atoms with Crippen LogP contribution in [0.4, 0.5) is 0 Å². The zero-order chi connectivity index (χ0) is 19.0. The van der Waals surface area contributed by atoms with Crippen molar-refractivity contribution in [1.29, 1.82) is 0 Å². The van der Waals surface area contributed by atoms with Crippen LogP contribution in [0.2, 0.25) is 0 Å². The monoisotopic (exact) mass is 372 g/mol. The van der Waals surface area contributed by atoms with Gasteiger partial charge in [-0.2, -0.15) is 0 Å². The molecule has 5 heteroatoms. The van der Waals surface area contributed by atoms with E-state index in [1.165, 1.54) is 64.2 Å². The van der Waals surface area contributed by atoms with Crippen LogP contribution in [0.3, 0.4) is 0 Å². The normalized spacial score (nSPS) is 24.4. The number of unbranched alkanes of at least 4 members (excludes halogenated alkanes) is 11. The van der Waals surface area contributed by atoms with Crippen molar-refractivity contribution in [2.24, 2.45) is 0 Å². The number of allylic oxidation sites excluding steroid dienone is 1. The number of aliphatic hydroxyl groups excluding tert-OH is 3. The maximum Gasteiger partial charge on any atom is 0.149 e. The van der Waals surface area contributed by atoms with Gasteiger partial charge < -0.3 is 24.8 Å². The van der Waals surface area contributed by atoms with Crippen LogP contribution in [0, 0.1) is 0 Å². The Bertz CT molecular complexity index is 347. The largest absolute Gasteiger partial charge is 0.493 e. The molecule has 1 saturated heterocycles. The number of hydrogen-bond donors (Lipinski definition) is 3. The zero-order valence-corrected chi connectivity index (χ0v) is 16.5. The van der Waals surface area contributed by atoms with Gasteiger partial charge >= 0.3 is 0 Å². The Balaban J connectivity index is 1.94. The second-order valence-electron chi connectivity index (χ2n) is 7.41. The molecule has 1 rings (SSSR count). The molecular weight excluding hydrogens is 332 g/mol. The lowest BCUT2D eigenvalue weighted by molar-refractivity contribution is -0.0737. The summed E-state index contributed by atoms with van der Waals surface area (Å²) in [6.45, 7) is 2.08. The van der Waals surface area contributed by atoms with E-state index >= 15 is 0 Å². The third-order valence-electron chi connectivity index (χ3n) is 5.06. The summed E-state index contributed by atoms with van der Waals surface area (Å²) in [6.07, 6.45) is 15.9. The number of hydrogen-bond acceptors (Lipinski definition) is 5. The minimum absolute atomic E-state index is 0.0775. The van der Waals surface area contributed by atoms with Crippen molar-refractivity contribution in [1.82, 2.24) is 0 Å². The molecule has 0 spiro atoms. The Hall–Kier alpha value is -0.620. The lowest BCUT2D eigenvalue weighted by atomic mass is 10.1. The van der Waals surface area contributed by atoms with Crippen molar-refractivity contribution in [3.63, 3.8) is 0 Å². The Labute approximate surface area is 159 Å². The van der Waals surface area contributed by atoms with Crippen LogP contribution in [0.15, 0.2) is 12.3 Å². The van der Waals surface area contributed by atoms with Gasteiger partial charge in [-0.1, -0.05) is 71.1 Å². The van der Waals surface area contributed by atoms with E-state index in [0.717, 1.165) is 12.8 Å². The topological polar surface area (TPSA) is 79.2 Å². The number of aliphatic hydroxyl groups is 3. The van der Waals surface area contributed by atoms with Gasteiger partial charge in [0, 0.05) is 0 Å². The average molecular weight is 373 g/mol. The highest BCUT2D eigenvalue weighted by atomic mass is 16.6. The minimum Gasteiger partial charge on any atom is -0.493 e. The molecule has 0 aromatic carbocycles. The second-order valence-corrected chi connectivity index (χ2v) is 7.41. The maximum atomic E-state index is 9.78. The van der Waals surface area contributed by atoms with Crippen LogP contribution < -0.4 is 0 Å². The van der Waals surface area contributed by atoms with E-state index in [0.29, 0.717) is 0 Å². The van der Waals surface area contributed by atoms with Crippen LogP contribution in [0.1, 0.15) is 84.0 Å². The molecule has 0 aromatic heterocycles. The lowest BCUT2D eigenvalue weighted by Gasteiger charge is -2.23. The Morgan fingerprint density at radius 1 is 0.962 bits per heavy atom. The molecule has 154 valence electrons. The van der Waals surface area contributed by atoms with E-state index in [-0.39, 0.29) is 13.2 Å². The van der Waals surface area contributed by atoms with Gasteiger partial charge in [-0.3, -0.25) is 0 Å². The fourth-order valence-corrected chi connectivity index (χ4v) is 3.33. The third-order valence-corrected chi connectivity index (χ3v) is 5.06. The minimum atomic E-state index is -1.01. The molecule has 0 aromatic rings. The van der Waals surface area contributed by atoms with E-state index < -0.39 is 24.4 Å². The molecule has 0 unspecified atom stereocenters. The predicted octanol–water partition coefficient (Wildman–Crippen LogP) is 3.70. The van der Waals surface area contributed by atoms with Gasteiger partial charge in [0.2, 0.25) is 0 Å². The standard InChI is InChI=1S/C21H40O5/c1-2-3-4-5-6-7-8-9-10-11-12-13-14-15-25-19(16-22)21-20(24)18(23)17-26-21/h14-15,18-24H,2-13,16-17H2,1H3/b15-14+/t18-,19+,20+,21+/m1/s1. The molecule has 0 aliphatic carbocycles. The molecule has 0 bridgehead atoms. The summed E-state index contributed by atoms with van der Waals surface area (Å²) in [7, 11) is 0. The highest BCUT2D eigenvalue weighted by Gasteiger charge is 2.40. The van der Waals surface area contributed by atoms with Gasteiger partial charge in [0.15, 0.2) is 0 Å². The first-order valence-corrected chi connectivity index (χ1v) is 10.6. The molecule has 1 aliphatic rings. The Morgan fingerprint density at radius 2 is 1.54 bits per heavy atom. The first-order valence-electron chi connectivity index (χ1n) is 10.6. The maximum absolute atomic E-state index is 9.78. The summed E-state index contributed by atoms with van der Waals surface area (Å²) in [5.41, 5.74) is 0. The molecule has 0 amide bonds. The number of ether oxygens (including phenoxy) is 2. The smallest absolute Gasteiger partial charge is 0.149 e. The predicted molar refractivity (Wildman–Crippen MR) is 104 cm³/mol. The molecular formula is C21H40O5. The summed E-state index contributed by atoms with van der Waals surface area (Å²) in [4.78, 5) is 0. The summed E-state index contributed by atoms with van der Waals surface area (Å²) in [5.74, 6) is 0. The van der Waals surface area contributed by atoms with Crippen molar-refractivity contribution in [3.05, 3.63) is 12.3 Å². The van der Waals surface area contributed by atoms with Crippen molar-refractivity contribution >= 4 is 0 Å². The van der Waals surface area contributed by atoms with Crippen LogP contribution in [0.5, 0.6) is 0 Å². The van der Waals surface area contributed by atoms with E-state index in [4.69, 9.17) is 9.47 Å². The van der Waals surface area contributed by atoms with E-state index in [1.54, 1.807) is 6.26 Å². The van der Waals surface area contributed by atoms with Crippen LogP contribution in [-0.4, -0.2) is 52.9 Å². The van der Waals surface area contributed by atoms with Crippen LogP contribution >= 0.6 is 0 Å². The summed E-state index contributed by atoms with van der Waals surface area (Å²) in [5, 5.41) is 28.6. The van der Waals surface area contributed by atoms with Gasteiger partial charge in [0.25, 0.3) is 0 Å². The third kappa shape index (κ3) is 9.91. The molecule has 5 nitrogen and oxygen atoms in total. The van der Waals surface area contributed by atoms with Crippen molar-refractivity contribution < 1.29 is 24.8 Å². The lowest BCUT2D eigenvalue weighted by Crippen LogP contribution is -2.41. The Kier molecular flexibility index (Phi) is 13.9. The highest BCUT2D eigenvalue weighted by Crippen LogP contribution is 2.19. The summed E-state index contributed by atoms with van der Waals surface area (Å²) < 4.78 is 10.7.